The van der Waals surface area contributed by atoms with Gasteiger partial charge in [-0.25, -0.2) is 17.8 Å². The monoisotopic (exact) mass is 411 g/mol. The van der Waals surface area contributed by atoms with Gasteiger partial charge >= 0.3 is 0 Å². The van der Waals surface area contributed by atoms with Crippen molar-refractivity contribution < 1.29 is 17.5 Å². The highest BCUT2D eigenvalue weighted by molar-refractivity contribution is 7.92. The number of hydrogen-bond acceptors (Lipinski definition) is 5. The molecule has 0 aliphatic carbocycles. The molecule has 0 radical (unpaired) electrons. The zero-order valence-electron chi connectivity index (χ0n) is 15.2. The standard InChI is InChI=1S/C18H19ClFN3O3S/c1-18(2,3)27(24,25)14-9-23-12(8-22-15(23)7-13(14)26-4)10-5-6-11(21)16(19)17(10)20/h5-9H,21H2,1-4H3. The van der Waals surface area contributed by atoms with E-state index in [9.17, 15) is 12.8 Å². The second-order valence-electron chi connectivity index (χ2n) is 7.02. The van der Waals surface area contributed by atoms with E-state index < -0.39 is 20.4 Å². The van der Waals surface area contributed by atoms with Crippen molar-refractivity contribution in [2.24, 2.45) is 0 Å². The van der Waals surface area contributed by atoms with Gasteiger partial charge in [-0.3, -0.25) is 4.40 Å². The molecule has 0 bridgehead atoms. The number of aromatic nitrogens is 2. The van der Waals surface area contributed by atoms with Crippen LogP contribution in [0.3, 0.4) is 0 Å². The number of sulfone groups is 1. The second kappa shape index (κ2) is 6.38. The van der Waals surface area contributed by atoms with Crippen molar-refractivity contribution >= 4 is 32.8 Å². The fourth-order valence-electron chi connectivity index (χ4n) is 2.64. The number of pyridine rings is 1. The Morgan fingerprint density at radius 3 is 2.56 bits per heavy atom. The van der Waals surface area contributed by atoms with E-state index in [1.54, 1.807) is 20.8 Å². The molecule has 0 amide bonds. The molecule has 2 heterocycles. The van der Waals surface area contributed by atoms with Crippen molar-refractivity contribution in [2.75, 3.05) is 12.8 Å². The van der Waals surface area contributed by atoms with E-state index in [2.05, 4.69) is 4.98 Å². The summed E-state index contributed by atoms with van der Waals surface area (Å²) in [5.74, 6) is -0.528. The minimum Gasteiger partial charge on any atom is -0.495 e. The summed E-state index contributed by atoms with van der Waals surface area (Å²) in [6, 6.07) is 4.46. The van der Waals surface area contributed by atoms with E-state index in [1.165, 1.54) is 42.1 Å². The number of anilines is 1. The number of rotatable bonds is 3. The predicted molar refractivity (Wildman–Crippen MR) is 103 cm³/mol. The minimum absolute atomic E-state index is 0.00815. The molecule has 3 rings (SSSR count). The Bertz CT molecular complexity index is 1150. The van der Waals surface area contributed by atoms with Crippen molar-refractivity contribution in [2.45, 2.75) is 30.4 Å². The summed E-state index contributed by atoms with van der Waals surface area (Å²) in [5, 5.41) is -0.196. The minimum atomic E-state index is -3.73. The van der Waals surface area contributed by atoms with Crippen LogP contribution in [0.4, 0.5) is 10.1 Å². The number of fused-ring (bicyclic) bond motifs is 1. The van der Waals surface area contributed by atoms with Gasteiger partial charge in [0.25, 0.3) is 0 Å². The van der Waals surface area contributed by atoms with Crippen LogP contribution in [-0.2, 0) is 9.84 Å². The maximum atomic E-state index is 14.6. The summed E-state index contributed by atoms with van der Waals surface area (Å²) < 4.78 is 46.3. The third-order valence-corrected chi connectivity index (χ3v) is 7.16. The molecule has 144 valence electrons. The molecule has 0 unspecified atom stereocenters. The number of nitrogen functional groups attached to an aromatic ring is 1. The second-order valence-corrected chi connectivity index (χ2v) is 10.1. The number of nitrogens with two attached hydrogens (primary N) is 1. The number of methoxy groups -OCH3 is 1. The molecule has 9 heteroatoms. The van der Waals surface area contributed by atoms with Gasteiger partial charge < -0.3 is 10.5 Å². The van der Waals surface area contributed by atoms with Gasteiger partial charge in [-0.05, 0) is 32.9 Å². The van der Waals surface area contributed by atoms with Gasteiger partial charge in [0.05, 0.1) is 34.5 Å². The van der Waals surface area contributed by atoms with E-state index in [0.29, 0.717) is 11.3 Å². The highest BCUT2D eigenvalue weighted by atomic mass is 35.5. The Balaban J connectivity index is 2.34. The van der Waals surface area contributed by atoms with Gasteiger partial charge in [0, 0.05) is 17.8 Å². The Hall–Kier alpha value is -2.32. The molecule has 0 fully saturated rings. The van der Waals surface area contributed by atoms with Crippen LogP contribution < -0.4 is 10.5 Å². The molecule has 27 heavy (non-hydrogen) atoms. The molecule has 0 saturated carbocycles. The first kappa shape index (κ1) is 19.4. The maximum Gasteiger partial charge on any atom is 0.188 e. The van der Waals surface area contributed by atoms with E-state index in [-0.39, 0.29) is 26.9 Å². The molecule has 1 aromatic carbocycles. The largest absolute Gasteiger partial charge is 0.495 e. The lowest BCUT2D eigenvalue weighted by Crippen LogP contribution is -2.28. The Morgan fingerprint density at radius 2 is 1.96 bits per heavy atom. The van der Waals surface area contributed by atoms with Gasteiger partial charge in [0.15, 0.2) is 15.7 Å². The molecular weight excluding hydrogens is 393 g/mol. The molecule has 3 aromatic rings. The van der Waals surface area contributed by atoms with Crippen molar-refractivity contribution in [3.63, 3.8) is 0 Å². The quantitative estimate of drug-likeness (QED) is 0.659. The summed E-state index contributed by atoms with van der Waals surface area (Å²) in [6.07, 6.45) is 2.83. The fraction of sp³-hybridized carbons (Fsp3) is 0.278. The average Bonchev–Trinajstić information content (AvgIpc) is 3.00. The van der Waals surface area contributed by atoms with Crippen LogP contribution in [0, 0.1) is 5.82 Å². The lowest BCUT2D eigenvalue weighted by Gasteiger charge is -2.21. The Kier molecular flexibility index (Phi) is 4.60. The zero-order chi connectivity index (χ0) is 20.1. The number of nitrogens with zero attached hydrogens (tertiary/aromatic N) is 2. The molecule has 0 aliphatic rings. The number of ether oxygens (including phenoxy) is 1. The van der Waals surface area contributed by atoms with Crippen LogP contribution >= 0.6 is 11.6 Å². The summed E-state index contributed by atoms with van der Waals surface area (Å²) >= 11 is 5.92. The highest BCUT2D eigenvalue weighted by Crippen LogP contribution is 2.36. The average molecular weight is 412 g/mol. The summed E-state index contributed by atoms with van der Waals surface area (Å²) in [5.41, 5.74) is 6.66. The van der Waals surface area contributed by atoms with Crippen LogP contribution in [-0.4, -0.2) is 29.7 Å². The van der Waals surface area contributed by atoms with Gasteiger partial charge in [0.2, 0.25) is 0 Å². The molecule has 2 N–H and O–H groups in total. The van der Waals surface area contributed by atoms with Crippen molar-refractivity contribution in [3.05, 3.63) is 41.4 Å². The Morgan fingerprint density at radius 1 is 1.30 bits per heavy atom. The summed E-state index contributed by atoms with van der Waals surface area (Å²) in [4.78, 5) is 4.22. The van der Waals surface area contributed by atoms with Crippen LogP contribution in [0.15, 0.2) is 35.5 Å². The predicted octanol–water partition coefficient (Wildman–Crippen LogP) is 3.96. The summed E-state index contributed by atoms with van der Waals surface area (Å²) in [7, 11) is -2.34. The van der Waals surface area contributed by atoms with Crippen LogP contribution in [0.1, 0.15) is 20.8 Å². The third kappa shape index (κ3) is 3.02. The molecule has 6 nitrogen and oxygen atoms in total. The number of hydrogen-bond donors (Lipinski definition) is 1. The normalized spacial score (nSPS) is 12.5. The van der Waals surface area contributed by atoms with Crippen LogP contribution in [0.2, 0.25) is 5.02 Å². The first-order valence-corrected chi connectivity index (χ1v) is 9.88. The summed E-state index contributed by atoms with van der Waals surface area (Å²) in [6.45, 7) is 4.79. The molecule has 0 atom stereocenters. The van der Waals surface area contributed by atoms with Gasteiger partial charge in [-0.15, -0.1) is 0 Å². The lowest BCUT2D eigenvalue weighted by molar-refractivity contribution is 0.401. The van der Waals surface area contributed by atoms with Crippen molar-refractivity contribution in [1.82, 2.24) is 9.38 Å². The molecule has 0 aliphatic heterocycles. The Labute approximate surface area is 161 Å². The van der Waals surface area contributed by atoms with Gasteiger partial charge in [-0.1, -0.05) is 11.6 Å². The van der Waals surface area contributed by atoms with Crippen LogP contribution in [0.5, 0.6) is 5.75 Å². The smallest absolute Gasteiger partial charge is 0.188 e. The third-order valence-electron chi connectivity index (χ3n) is 4.28. The van der Waals surface area contributed by atoms with Gasteiger partial charge in [-0.2, -0.15) is 0 Å². The van der Waals surface area contributed by atoms with Crippen molar-refractivity contribution in [3.8, 4) is 17.0 Å². The van der Waals surface area contributed by atoms with Gasteiger partial charge in [0.1, 0.15) is 16.3 Å². The number of benzene rings is 1. The molecule has 0 spiro atoms. The maximum absolute atomic E-state index is 14.6. The van der Waals surface area contributed by atoms with Crippen LogP contribution in [0.25, 0.3) is 16.9 Å². The number of halogens is 2. The molecule has 2 aromatic heterocycles. The SMILES string of the molecule is COc1cc2ncc(-c3ccc(N)c(Cl)c3F)n2cc1S(=O)(=O)C(C)(C)C. The molecule has 0 saturated heterocycles. The van der Waals surface area contributed by atoms with E-state index in [0.717, 1.165) is 0 Å². The number of imidazole rings is 1. The fourth-order valence-corrected chi connectivity index (χ4v) is 4.12. The highest BCUT2D eigenvalue weighted by Gasteiger charge is 2.34. The van der Waals surface area contributed by atoms with Crippen molar-refractivity contribution in [1.29, 1.82) is 0 Å². The first-order valence-electron chi connectivity index (χ1n) is 8.02. The van der Waals surface area contributed by atoms with E-state index in [1.807, 2.05) is 0 Å². The van der Waals surface area contributed by atoms with E-state index >= 15 is 0 Å². The first-order chi connectivity index (χ1) is 12.5. The topological polar surface area (TPSA) is 86.7 Å². The molecular formula is C18H19ClFN3O3S. The lowest BCUT2D eigenvalue weighted by atomic mass is 10.1. The zero-order valence-corrected chi connectivity index (χ0v) is 16.8. The van der Waals surface area contributed by atoms with E-state index in [4.69, 9.17) is 22.1 Å².